The van der Waals surface area contributed by atoms with E-state index >= 15 is 0 Å². The number of halogens is 2. The molecule has 0 unspecified atom stereocenters. The van der Waals surface area contributed by atoms with Crippen LogP contribution < -0.4 is 5.32 Å². The highest BCUT2D eigenvalue weighted by Crippen LogP contribution is 2.27. The zero-order valence-corrected chi connectivity index (χ0v) is 9.44. The van der Waals surface area contributed by atoms with Crippen LogP contribution in [0.2, 0.25) is 0 Å². The van der Waals surface area contributed by atoms with Gasteiger partial charge in [-0.2, -0.15) is 0 Å². The van der Waals surface area contributed by atoms with Gasteiger partial charge in [-0.1, -0.05) is 0 Å². The third kappa shape index (κ3) is 2.25. The number of rotatable bonds is 3. The second-order valence-corrected chi connectivity index (χ2v) is 4.40. The first-order valence-electron chi connectivity index (χ1n) is 4.75. The molecule has 1 aromatic heterocycles. The maximum atomic E-state index is 13.4. The topological polar surface area (TPSA) is 24.9 Å². The Labute approximate surface area is 96.0 Å². The average Bonchev–Trinajstić information content (AvgIpc) is 2.67. The van der Waals surface area contributed by atoms with E-state index in [0.29, 0.717) is 17.1 Å². The van der Waals surface area contributed by atoms with Gasteiger partial charge < -0.3 is 5.32 Å². The van der Waals surface area contributed by atoms with Crippen molar-refractivity contribution in [3.8, 4) is 10.6 Å². The van der Waals surface area contributed by atoms with Gasteiger partial charge in [0.15, 0.2) is 0 Å². The molecular weight excluding hydrogens is 230 g/mol. The Morgan fingerprint density at radius 3 is 2.88 bits per heavy atom. The fourth-order valence-electron chi connectivity index (χ4n) is 1.35. The fraction of sp³-hybridized carbons (Fsp3) is 0.182. The lowest BCUT2D eigenvalue weighted by Crippen LogP contribution is -2.02. The van der Waals surface area contributed by atoms with Crippen LogP contribution >= 0.6 is 11.3 Å². The fourth-order valence-corrected chi connectivity index (χ4v) is 2.30. The zero-order valence-electron chi connectivity index (χ0n) is 8.63. The summed E-state index contributed by atoms with van der Waals surface area (Å²) in [6.07, 6.45) is 1.69. The standard InChI is InChI=1S/C11H10F2N2S/c1-14-5-8-6-15-11(16-8)9-3-2-7(12)4-10(9)13/h2-4,6,14H,5H2,1H3. The van der Waals surface area contributed by atoms with Crippen molar-refractivity contribution in [3.63, 3.8) is 0 Å². The highest BCUT2D eigenvalue weighted by atomic mass is 32.1. The molecule has 5 heteroatoms. The van der Waals surface area contributed by atoms with Crippen LogP contribution in [0.15, 0.2) is 24.4 Å². The molecule has 16 heavy (non-hydrogen) atoms. The molecule has 0 amide bonds. The lowest BCUT2D eigenvalue weighted by Gasteiger charge is -1.98. The van der Waals surface area contributed by atoms with Gasteiger partial charge in [0.25, 0.3) is 0 Å². The molecule has 2 aromatic rings. The number of nitrogens with zero attached hydrogens (tertiary/aromatic N) is 1. The number of hydrogen-bond acceptors (Lipinski definition) is 3. The van der Waals surface area contributed by atoms with Crippen LogP contribution in [0.5, 0.6) is 0 Å². The van der Waals surface area contributed by atoms with Crippen LogP contribution in [0.1, 0.15) is 4.88 Å². The van der Waals surface area contributed by atoms with Gasteiger partial charge in [0.05, 0.1) is 0 Å². The van der Waals surface area contributed by atoms with Crippen molar-refractivity contribution in [2.24, 2.45) is 0 Å². The lowest BCUT2D eigenvalue weighted by molar-refractivity contribution is 0.585. The molecular formula is C11H10F2N2S. The molecule has 2 rings (SSSR count). The summed E-state index contributed by atoms with van der Waals surface area (Å²) in [6, 6.07) is 3.51. The van der Waals surface area contributed by atoms with Crippen LogP contribution in [0.3, 0.4) is 0 Å². The second-order valence-electron chi connectivity index (χ2n) is 3.29. The van der Waals surface area contributed by atoms with Gasteiger partial charge in [-0.3, -0.25) is 0 Å². The SMILES string of the molecule is CNCc1cnc(-c2ccc(F)cc2F)s1. The van der Waals surface area contributed by atoms with E-state index in [-0.39, 0.29) is 0 Å². The van der Waals surface area contributed by atoms with Gasteiger partial charge >= 0.3 is 0 Å². The summed E-state index contributed by atoms with van der Waals surface area (Å²) < 4.78 is 26.2. The largest absolute Gasteiger partial charge is 0.315 e. The molecule has 0 aliphatic heterocycles. The van der Waals surface area contributed by atoms with Gasteiger partial charge in [0.1, 0.15) is 16.6 Å². The average molecular weight is 240 g/mol. The van der Waals surface area contributed by atoms with Crippen molar-refractivity contribution >= 4 is 11.3 Å². The first-order valence-corrected chi connectivity index (χ1v) is 5.57. The molecule has 0 aliphatic rings. The summed E-state index contributed by atoms with van der Waals surface area (Å²) in [5, 5.41) is 3.56. The normalized spacial score (nSPS) is 10.7. The molecule has 0 bridgehead atoms. The van der Waals surface area contributed by atoms with Crippen molar-refractivity contribution in [1.82, 2.24) is 10.3 Å². The van der Waals surface area contributed by atoms with E-state index in [4.69, 9.17) is 0 Å². The van der Waals surface area contributed by atoms with Crippen molar-refractivity contribution in [1.29, 1.82) is 0 Å². The molecule has 84 valence electrons. The summed E-state index contributed by atoms with van der Waals surface area (Å²) in [4.78, 5) is 5.13. The summed E-state index contributed by atoms with van der Waals surface area (Å²) in [5.41, 5.74) is 0.341. The zero-order chi connectivity index (χ0) is 11.5. The van der Waals surface area contributed by atoms with Crippen LogP contribution in [0, 0.1) is 11.6 Å². The highest BCUT2D eigenvalue weighted by Gasteiger charge is 2.10. The maximum Gasteiger partial charge on any atom is 0.136 e. The molecule has 2 nitrogen and oxygen atoms in total. The third-order valence-corrected chi connectivity index (χ3v) is 3.10. The van der Waals surface area contributed by atoms with Crippen molar-refractivity contribution in [2.75, 3.05) is 7.05 Å². The number of thiazole rings is 1. The monoisotopic (exact) mass is 240 g/mol. The van der Waals surface area contributed by atoms with E-state index < -0.39 is 11.6 Å². The van der Waals surface area contributed by atoms with Gasteiger partial charge in [0.2, 0.25) is 0 Å². The van der Waals surface area contributed by atoms with E-state index in [1.807, 2.05) is 7.05 Å². The van der Waals surface area contributed by atoms with E-state index in [0.717, 1.165) is 10.9 Å². The van der Waals surface area contributed by atoms with Crippen LogP contribution in [0.25, 0.3) is 10.6 Å². The van der Waals surface area contributed by atoms with Crippen molar-refractivity contribution in [3.05, 3.63) is 40.9 Å². The first kappa shape index (κ1) is 11.2. The smallest absolute Gasteiger partial charge is 0.136 e. The molecule has 0 saturated carbocycles. The summed E-state index contributed by atoms with van der Waals surface area (Å²) in [6.45, 7) is 0.695. The lowest BCUT2D eigenvalue weighted by atomic mass is 10.2. The van der Waals surface area contributed by atoms with Crippen molar-refractivity contribution < 1.29 is 8.78 Å². The first-order chi connectivity index (χ1) is 7.70. The van der Waals surface area contributed by atoms with Gasteiger partial charge in [-0.25, -0.2) is 13.8 Å². The predicted octanol–water partition coefficient (Wildman–Crippen LogP) is 2.81. The predicted molar refractivity (Wildman–Crippen MR) is 60.2 cm³/mol. The molecule has 0 aliphatic carbocycles. The molecule has 0 spiro atoms. The van der Waals surface area contributed by atoms with Gasteiger partial charge in [-0.15, -0.1) is 11.3 Å². The molecule has 0 radical (unpaired) electrons. The summed E-state index contributed by atoms with van der Waals surface area (Å²) >= 11 is 1.39. The van der Waals surface area contributed by atoms with E-state index in [1.54, 1.807) is 6.20 Å². The molecule has 1 heterocycles. The van der Waals surface area contributed by atoms with E-state index in [9.17, 15) is 8.78 Å². The molecule has 1 aromatic carbocycles. The van der Waals surface area contributed by atoms with Crippen LogP contribution in [-0.4, -0.2) is 12.0 Å². The maximum absolute atomic E-state index is 13.4. The van der Waals surface area contributed by atoms with Crippen molar-refractivity contribution in [2.45, 2.75) is 6.54 Å². The number of nitrogens with one attached hydrogen (secondary N) is 1. The van der Waals surface area contributed by atoms with Gasteiger partial charge in [0, 0.05) is 29.2 Å². The Morgan fingerprint density at radius 1 is 1.38 bits per heavy atom. The molecule has 0 fully saturated rings. The quantitative estimate of drug-likeness (QED) is 0.892. The second kappa shape index (κ2) is 4.67. The number of benzene rings is 1. The Hall–Kier alpha value is -1.33. The van der Waals surface area contributed by atoms with Crippen LogP contribution in [0.4, 0.5) is 8.78 Å². The minimum absolute atomic E-state index is 0.341. The highest BCUT2D eigenvalue weighted by molar-refractivity contribution is 7.15. The molecule has 1 N–H and O–H groups in total. The minimum atomic E-state index is -0.578. The summed E-state index contributed by atoms with van der Waals surface area (Å²) in [7, 11) is 1.83. The Bertz CT molecular complexity index is 496. The molecule has 0 atom stereocenters. The van der Waals surface area contributed by atoms with Crippen LogP contribution in [-0.2, 0) is 6.54 Å². The Kier molecular flexibility index (Phi) is 3.26. The Balaban J connectivity index is 2.35. The van der Waals surface area contributed by atoms with Gasteiger partial charge in [-0.05, 0) is 19.2 Å². The Morgan fingerprint density at radius 2 is 2.19 bits per heavy atom. The minimum Gasteiger partial charge on any atom is -0.315 e. The third-order valence-electron chi connectivity index (χ3n) is 2.07. The number of hydrogen-bond donors (Lipinski definition) is 1. The van der Waals surface area contributed by atoms with E-state index in [2.05, 4.69) is 10.3 Å². The molecule has 0 saturated heterocycles. The summed E-state index contributed by atoms with van der Waals surface area (Å²) in [5.74, 6) is -1.15. The van der Waals surface area contributed by atoms with E-state index in [1.165, 1.54) is 23.5 Å². The number of aromatic nitrogens is 1.